The number of rotatable bonds is 3. The number of aromatic nitrogens is 2. The van der Waals surface area contributed by atoms with E-state index in [9.17, 15) is 4.79 Å². The van der Waals surface area contributed by atoms with Crippen molar-refractivity contribution < 1.29 is 4.42 Å². The van der Waals surface area contributed by atoms with Crippen molar-refractivity contribution in [2.24, 2.45) is 0 Å². The van der Waals surface area contributed by atoms with Gasteiger partial charge in [-0.15, -0.1) is 0 Å². The Morgan fingerprint density at radius 2 is 1.96 bits per heavy atom. The highest BCUT2D eigenvalue weighted by atomic mass is 35.5. The summed E-state index contributed by atoms with van der Waals surface area (Å²) in [7, 11) is 0. The van der Waals surface area contributed by atoms with Crippen LogP contribution in [0.1, 0.15) is 0 Å². The van der Waals surface area contributed by atoms with Gasteiger partial charge in [0.2, 0.25) is 0 Å². The summed E-state index contributed by atoms with van der Waals surface area (Å²) in [5, 5.41) is 0.594. The molecule has 6 nitrogen and oxygen atoms in total. The standard InChI is InChI=1S/C17H17ClN4O2/c18-13-4-5-15-14(11-13)22(17(23)24-15)12-20-7-9-21(10-8-20)16-3-1-2-6-19-16/h1-6,11H,7-10,12H2. The molecule has 0 amide bonds. The Bertz CT molecular complexity index is 898. The van der Waals surface area contributed by atoms with Crippen LogP contribution in [0.15, 0.2) is 51.8 Å². The maximum Gasteiger partial charge on any atom is 0.421 e. The quantitative estimate of drug-likeness (QED) is 0.730. The van der Waals surface area contributed by atoms with E-state index in [0.717, 1.165) is 37.5 Å². The molecule has 0 bridgehead atoms. The van der Waals surface area contributed by atoms with E-state index >= 15 is 0 Å². The molecule has 1 aliphatic heterocycles. The molecular weight excluding hydrogens is 328 g/mol. The Balaban J connectivity index is 1.49. The van der Waals surface area contributed by atoms with Crippen LogP contribution < -0.4 is 10.7 Å². The number of benzene rings is 1. The Kier molecular flexibility index (Phi) is 4.00. The second-order valence-corrected chi connectivity index (χ2v) is 6.28. The van der Waals surface area contributed by atoms with Crippen molar-refractivity contribution in [2.75, 3.05) is 31.1 Å². The number of halogens is 1. The molecule has 0 aliphatic carbocycles. The van der Waals surface area contributed by atoms with Crippen molar-refractivity contribution >= 4 is 28.5 Å². The highest BCUT2D eigenvalue weighted by molar-refractivity contribution is 6.31. The van der Waals surface area contributed by atoms with Gasteiger partial charge in [-0.25, -0.2) is 9.78 Å². The molecule has 1 aromatic carbocycles. The zero-order valence-corrected chi connectivity index (χ0v) is 13.8. The number of piperazine rings is 1. The third-order valence-corrected chi connectivity index (χ3v) is 4.55. The number of oxazole rings is 1. The molecule has 1 aliphatic rings. The molecule has 1 saturated heterocycles. The number of hydrogen-bond donors (Lipinski definition) is 0. The summed E-state index contributed by atoms with van der Waals surface area (Å²) in [6.07, 6.45) is 1.81. The smallest absolute Gasteiger partial charge is 0.408 e. The fourth-order valence-corrected chi connectivity index (χ4v) is 3.19. The van der Waals surface area contributed by atoms with Gasteiger partial charge in [0.1, 0.15) is 5.82 Å². The molecule has 0 unspecified atom stereocenters. The van der Waals surface area contributed by atoms with Crippen molar-refractivity contribution in [1.82, 2.24) is 14.5 Å². The van der Waals surface area contributed by atoms with Gasteiger partial charge in [0.05, 0.1) is 12.2 Å². The van der Waals surface area contributed by atoms with Crippen molar-refractivity contribution in [3.05, 3.63) is 58.2 Å². The van der Waals surface area contributed by atoms with E-state index in [4.69, 9.17) is 16.0 Å². The molecule has 0 N–H and O–H groups in total. The molecule has 1 fully saturated rings. The summed E-state index contributed by atoms with van der Waals surface area (Å²) < 4.78 is 6.92. The molecule has 0 saturated carbocycles. The van der Waals surface area contributed by atoms with Crippen LogP contribution in [0.3, 0.4) is 0 Å². The van der Waals surface area contributed by atoms with E-state index in [-0.39, 0.29) is 5.76 Å². The molecular formula is C17H17ClN4O2. The Labute approximate surface area is 143 Å². The maximum atomic E-state index is 12.1. The summed E-state index contributed by atoms with van der Waals surface area (Å²) in [5.41, 5.74) is 1.30. The minimum Gasteiger partial charge on any atom is -0.408 e. The Morgan fingerprint density at radius 3 is 2.71 bits per heavy atom. The number of hydrogen-bond acceptors (Lipinski definition) is 5. The molecule has 24 heavy (non-hydrogen) atoms. The first-order valence-corrected chi connectivity index (χ1v) is 8.26. The van der Waals surface area contributed by atoms with Gasteiger partial charge in [-0.1, -0.05) is 17.7 Å². The molecule has 124 valence electrons. The molecule has 0 atom stereocenters. The molecule has 7 heteroatoms. The van der Waals surface area contributed by atoms with Gasteiger partial charge in [-0.3, -0.25) is 9.47 Å². The average Bonchev–Trinajstić information content (AvgIpc) is 2.92. The fourth-order valence-electron chi connectivity index (χ4n) is 3.03. The monoisotopic (exact) mass is 344 g/mol. The maximum absolute atomic E-state index is 12.1. The summed E-state index contributed by atoms with van der Waals surface area (Å²) >= 11 is 6.05. The van der Waals surface area contributed by atoms with Gasteiger partial charge in [0.15, 0.2) is 5.58 Å². The van der Waals surface area contributed by atoms with Crippen LogP contribution in [-0.4, -0.2) is 40.6 Å². The first-order valence-electron chi connectivity index (χ1n) is 7.88. The lowest BCUT2D eigenvalue weighted by Crippen LogP contribution is -2.47. The van der Waals surface area contributed by atoms with E-state index in [0.29, 0.717) is 17.3 Å². The minimum atomic E-state index is -0.348. The Morgan fingerprint density at radius 1 is 1.12 bits per heavy atom. The first kappa shape index (κ1) is 15.2. The van der Waals surface area contributed by atoms with Crippen LogP contribution in [0.5, 0.6) is 0 Å². The number of pyridine rings is 1. The lowest BCUT2D eigenvalue weighted by atomic mass is 10.3. The van der Waals surface area contributed by atoms with Gasteiger partial charge in [-0.05, 0) is 30.3 Å². The zero-order valence-electron chi connectivity index (χ0n) is 13.1. The minimum absolute atomic E-state index is 0.348. The van der Waals surface area contributed by atoms with Crippen molar-refractivity contribution in [3.8, 4) is 0 Å². The second-order valence-electron chi connectivity index (χ2n) is 5.84. The van der Waals surface area contributed by atoms with Crippen LogP contribution >= 0.6 is 11.6 Å². The van der Waals surface area contributed by atoms with E-state index in [2.05, 4.69) is 14.8 Å². The summed E-state index contributed by atoms with van der Waals surface area (Å²) in [6.45, 7) is 3.97. The predicted octanol–water partition coefficient (Wildman–Crippen LogP) is 2.42. The third-order valence-electron chi connectivity index (χ3n) is 4.32. The van der Waals surface area contributed by atoms with Crippen LogP contribution in [0.25, 0.3) is 11.1 Å². The van der Waals surface area contributed by atoms with Crippen LogP contribution in [0.2, 0.25) is 5.02 Å². The second kappa shape index (κ2) is 6.30. The van der Waals surface area contributed by atoms with Gasteiger partial charge in [0, 0.05) is 37.4 Å². The largest absolute Gasteiger partial charge is 0.421 e. The molecule has 4 rings (SSSR count). The summed E-state index contributed by atoms with van der Waals surface area (Å²) in [6, 6.07) is 11.2. The number of anilines is 1. The van der Waals surface area contributed by atoms with E-state index in [1.165, 1.54) is 0 Å². The molecule has 0 radical (unpaired) electrons. The van der Waals surface area contributed by atoms with Gasteiger partial charge in [0.25, 0.3) is 0 Å². The van der Waals surface area contributed by atoms with E-state index in [1.807, 2.05) is 24.4 Å². The van der Waals surface area contributed by atoms with Crippen molar-refractivity contribution in [3.63, 3.8) is 0 Å². The number of fused-ring (bicyclic) bond motifs is 1. The summed E-state index contributed by atoms with van der Waals surface area (Å²) in [4.78, 5) is 21.0. The zero-order chi connectivity index (χ0) is 16.5. The highest BCUT2D eigenvalue weighted by Gasteiger charge is 2.20. The molecule has 3 aromatic rings. The Hall–Kier alpha value is -2.31. The van der Waals surface area contributed by atoms with Gasteiger partial charge >= 0.3 is 5.76 Å². The first-order chi connectivity index (χ1) is 11.7. The van der Waals surface area contributed by atoms with Crippen molar-refractivity contribution in [2.45, 2.75) is 6.67 Å². The topological polar surface area (TPSA) is 54.5 Å². The molecule has 3 heterocycles. The number of nitrogens with zero attached hydrogens (tertiary/aromatic N) is 4. The van der Waals surface area contributed by atoms with Crippen LogP contribution in [-0.2, 0) is 6.67 Å². The third kappa shape index (κ3) is 2.90. The van der Waals surface area contributed by atoms with Crippen LogP contribution in [0, 0.1) is 0 Å². The van der Waals surface area contributed by atoms with Gasteiger partial charge in [-0.2, -0.15) is 0 Å². The molecule has 2 aromatic heterocycles. The van der Waals surface area contributed by atoms with Crippen molar-refractivity contribution in [1.29, 1.82) is 0 Å². The normalized spacial score (nSPS) is 16.0. The van der Waals surface area contributed by atoms with Gasteiger partial charge < -0.3 is 9.32 Å². The summed E-state index contributed by atoms with van der Waals surface area (Å²) in [5.74, 6) is 0.647. The molecule has 0 spiro atoms. The SMILES string of the molecule is O=c1oc2ccc(Cl)cc2n1CN1CCN(c2ccccn2)CC1. The van der Waals surface area contributed by atoms with E-state index in [1.54, 1.807) is 22.8 Å². The van der Waals surface area contributed by atoms with Crippen LogP contribution in [0.4, 0.5) is 5.82 Å². The fraction of sp³-hybridized carbons (Fsp3) is 0.294. The lowest BCUT2D eigenvalue weighted by molar-refractivity contribution is 0.201. The van der Waals surface area contributed by atoms with E-state index < -0.39 is 0 Å². The predicted molar refractivity (Wildman–Crippen MR) is 93.5 cm³/mol. The highest BCUT2D eigenvalue weighted by Crippen LogP contribution is 2.19. The lowest BCUT2D eigenvalue weighted by Gasteiger charge is -2.35. The average molecular weight is 345 g/mol.